The van der Waals surface area contributed by atoms with Crippen molar-refractivity contribution >= 4 is 34.2 Å². The second kappa shape index (κ2) is 8.82. The lowest BCUT2D eigenvalue weighted by Gasteiger charge is -2.05. The zero-order chi connectivity index (χ0) is 21.8. The Morgan fingerprint density at radius 2 is 1.73 bits per heavy atom. The quantitative estimate of drug-likeness (QED) is 0.591. The van der Waals surface area contributed by atoms with E-state index in [1.165, 1.54) is 14.2 Å². The smallest absolute Gasteiger partial charge is 0.348 e. The molecule has 0 aliphatic rings. The van der Waals surface area contributed by atoms with Crippen molar-refractivity contribution in [2.24, 2.45) is 0 Å². The first kappa shape index (κ1) is 21.1. The summed E-state index contributed by atoms with van der Waals surface area (Å²) in [5, 5.41) is 14.8. The number of benzene rings is 1. The maximum Gasteiger partial charge on any atom is 0.348 e. The number of hydrogen-bond acceptors (Lipinski definition) is 9. The van der Waals surface area contributed by atoms with E-state index in [1.807, 2.05) is 31.2 Å². The standard InChI is InChI=1S/C19H19N5O5S/c1-10-5-7-12(8-6-10)16-21-23-24(22-16)9-13(25)20-17-14(18(26)28-3)11(2)15(30-17)19(27)29-4/h5-8H,9H2,1-4H3,(H,20,25). The van der Waals surface area contributed by atoms with Crippen LogP contribution in [0.3, 0.4) is 0 Å². The van der Waals surface area contributed by atoms with E-state index in [0.717, 1.165) is 27.3 Å². The molecular weight excluding hydrogens is 410 g/mol. The van der Waals surface area contributed by atoms with Crippen molar-refractivity contribution in [3.8, 4) is 11.4 Å². The van der Waals surface area contributed by atoms with Crippen molar-refractivity contribution in [1.82, 2.24) is 20.2 Å². The highest BCUT2D eigenvalue weighted by Crippen LogP contribution is 2.34. The van der Waals surface area contributed by atoms with E-state index < -0.39 is 17.8 Å². The molecular formula is C19H19N5O5S. The van der Waals surface area contributed by atoms with Gasteiger partial charge in [-0.05, 0) is 24.6 Å². The minimum Gasteiger partial charge on any atom is -0.465 e. The minimum absolute atomic E-state index is 0.100. The number of anilines is 1. The molecule has 0 spiro atoms. The maximum atomic E-state index is 12.5. The van der Waals surface area contributed by atoms with Crippen LogP contribution in [-0.4, -0.2) is 52.3 Å². The van der Waals surface area contributed by atoms with Crippen LogP contribution in [0, 0.1) is 13.8 Å². The average molecular weight is 429 g/mol. The maximum absolute atomic E-state index is 12.5. The van der Waals surface area contributed by atoms with Gasteiger partial charge in [0, 0.05) is 5.56 Å². The average Bonchev–Trinajstić information content (AvgIpc) is 3.31. The van der Waals surface area contributed by atoms with Gasteiger partial charge in [0.15, 0.2) is 0 Å². The van der Waals surface area contributed by atoms with Crippen molar-refractivity contribution < 1.29 is 23.9 Å². The summed E-state index contributed by atoms with van der Waals surface area (Å²) in [5.74, 6) is -1.39. The Labute approximate surface area is 175 Å². The number of methoxy groups -OCH3 is 2. The van der Waals surface area contributed by atoms with Crippen LogP contribution >= 0.6 is 11.3 Å². The summed E-state index contributed by atoms with van der Waals surface area (Å²) in [6, 6.07) is 7.58. The van der Waals surface area contributed by atoms with Crippen molar-refractivity contribution in [2.75, 3.05) is 19.5 Å². The highest BCUT2D eigenvalue weighted by molar-refractivity contribution is 7.18. The number of nitrogens with one attached hydrogen (secondary N) is 1. The second-order valence-corrected chi connectivity index (χ2v) is 7.32. The number of esters is 2. The first-order valence-electron chi connectivity index (χ1n) is 8.78. The topological polar surface area (TPSA) is 125 Å². The molecule has 30 heavy (non-hydrogen) atoms. The summed E-state index contributed by atoms with van der Waals surface area (Å²) >= 11 is 0.932. The molecule has 0 aliphatic heterocycles. The number of tetrazole rings is 1. The van der Waals surface area contributed by atoms with Crippen LogP contribution in [0.4, 0.5) is 5.00 Å². The zero-order valence-electron chi connectivity index (χ0n) is 16.8. The van der Waals surface area contributed by atoms with Crippen molar-refractivity contribution in [3.05, 3.63) is 45.8 Å². The Balaban J connectivity index is 1.79. The molecule has 3 aromatic rings. The number of ether oxygens (including phenoxy) is 2. The summed E-state index contributed by atoms with van der Waals surface area (Å²) < 4.78 is 9.50. The molecule has 2 aromatic heterocycles. The van der Waals surface area contributed by atoms with E-state index in [-0.39, 0.29) is 22.0 Å². The Bertz CT molecular complexity index is 1100. The SMILES string of the molecule is COC(=O)c1sc(NC(=O)Cn2nnc(-c3ccc(C)cc3)n2)c(C(=O)OC)c1C. The van der Waals surface area contributed by atoms with Gasteiger partial charge in [0.25, 0.3) is 0 Å². The molecule has 1 amide bonds. The summed E-state index contributed by atoms with van der Waals surface area (Å²) in [4.78, 5) is 37.9. The Kier molecular flexibility index (Phi) is 6.21. The van der Waals surface area contributed by atoms with Gasteiger partial charge in [-0.25, -0.2) is 9.59 Å². The van der Waals surface area contributed by atoms with Gasteiger partial charge in [-0.3, -0.25) is 4.79 Å². The van der Waals surface area contributed by atoms with E-state index in [4.69, 9.17) is 9.47 Å². The molecule has 1 N–H and O–H groups in total. The monoisotopic (exact) mass is 429 g/mol. The van der Waals surface area contributed by atoms with Crippen molar-refractivity contribution in [3.63, 3.8) is 0 Å². The number of carbonyl (C=O) groups is 3. The largest absolute Gasteiger partial charge is 0.465 e. The van der Waals surface area contributed by atoms with Crippen LogP contribution in [0.25, 0.3) is 11.4 Å². The van der Waals surface area contributed by atoms with Crippen molar-refractivity contribution in [2.45, 2.75) is 20.4 Å². The van der Waals surface area contributed by atoms with E-state index in [0.29, 0.717) is 11.4 Å². The third kappa shape index (κ3) is 4.35. The predicted octanol–water partition coefficient (Wildman–Crippen LogP) is 2.23. The van der Waals surface area contributed by atoms with Gasteiger partial charge in [0.1, 0.15) is 16.4 Å². The van der Waals surface area contributed by atoms with Gasteiger partial charge in [-0.1, -0.05) is 29.8 Å². The van der Waals surface area contributed by atoms with Gasteiger partial charge >= 0.3 is 11.9 Å². The fourth-order valence-corrected chi connectivity index (χ4v) is 3.79. The minimum atomic E-state index is -0.672. The number of rotatable bonds is 6. The summed E-state index contributed by atoms with van der Waals surface area (Å²) in [7, 11) is 2.45. The lowest BCUT2D eigenvalue weighted by molar-refractivity contribution is -0.117. The summed E-state index contributed by atoms with van der Waals surface area (Å²) in [5.41, 5.74) is 2.35. The van der Waals surface area contributed by atoms with Crippen LogP contribution in [0.15, 0.2) is 24.3 Å². The molecule has 0 unspecified atom stereocenters. The highest BCUT2D eigenvalue weighted by Gasteiger charge is 2.27. The normalized spacial score (nSPS) is 10.5. The number of aryl methyl sites for hydroxylation is 1. The molecule has 1 aromatic carbocycles. The van der Waals surface area contributed by atoms with Crippen molar-refractivity contribution in [1.29, 1.82) is 0 Å². The molecule has 0 saturated carbocycles. The zero-order valence-corrected chi connectivity index (χ0v) is 17.6. The molecule has 0 aliphatic carbocycles. The van der Waals surface area contributed by atoms with E-state index in [1.54, 1.807) is 6.92 Å². The molecule has 3 rings (SSSR count). The second-order valence-electron chi connectivity index (χ2n) is 6.30. The van der Waals surface area contributed by atoms with Gasteiger partial charge in [-0.15, -0.1) is 21.5 Å². The number of amides is 1. The molecule has 0 saturated heterocycles. The van der Waals surface area contributed by atoms with Crippen LogP contribution in [0.5, 0.6) is 0 Å². The van der Waals surface area contributed by atoms with E-state index in [9.17, 15) is 14.4 Å². The fourth-order valence-electron chi connectivity index (χ4n) is 2.66. The van der Waals surface area contributed by atoms with E-state index in [2.05, 4.69) is 20.7 Å². The lowest BCUT2D eigenvalue weighted by atomic mass is 10.1. The van der Waals surface area contributed by atoms with Crippen LogP contribution in [0.2, 0.25) is 0 Å². The van der Waals surface area contributed by atoms with E-state index >= 15 is 0 Å². The van der Waals surface area contributed by atoms with Gasteiger partial charge in [0.05, 0.1) is 19.8 Å². The number of aromatic nitrogens is 4. The molecule has 10 nitrogen and oxygen atoms in total. The van der Waals surface area contributed by atoms with Gasteiger partial charge in [-0.2, -0.15) is 4.80 Å². The van der Waals surface area contributed by atoms with Crippen LogP contribution in [-0.2, 0) is 20.8 Å². The first-order valence-corrected chi connectivity index (χ1v) is 9.60. The van der Waals surface area contributed by atoms with Gasteiger partial charge in [0.2, 0.25) is 11.7 Å². The Hall–Kier alpha value is -3.60. The van der Waals surface area contributed by atoms with Crippen LogP contribution in [0.1, 0.15) is 31.2 Å². The number of nitrogens with zero attached hydrogens (tertiary/aromatic N) is 4. The van der Waals surface area contributed by atoms with Crippen LogP contribution < -0.4 is 5.32 Å². The highest BCUT2D eigenvalue weighted by atomic mass is 32.1. The third-order valence-corrected chi connectivity index (χ3v) is 5.39. The molecule has 0 radical (unpaired) electrons. The lowest BCUT2D eigenvalue weighted by Crippen LogP contribution is -2.21. The Morgan fingerprint density at radius 3 is 2.37 bits per heavy atom. The predicted molar refractivity (Wildman–Crippen MR) is 108 cm³/mol. The van der Waals surface area contributed by atoms with Gasteiger partial charge < -0.3 is 14.8 Å². The summed E-state index contributed by atoms with van der Waals surface area (Å²) in [6.45, 7) is 3.32. The molecule has 0 bridgehead atoms. The third-order valence-electron chi connectivity index (χ3n) is 4.21. The molecule has 0 atom stereocenters. The summed E-state index contributed by atoms with van der Waals surface area (Å²) in [6.07, 6.45) is 0. The molecule has 2 heterocycles. The molecule has 11 heteroatoms. The number of carbonyl (C=O) groups excluding carboxylic acids is 3. The molecule has 0 fully saturated rings. The Morgan fingerprint density at radius 1 is 1.07 bits per heavy atom. The fraction of sp³-hybridized carbons (Fsp3) is 0.263. The number of hydrogen-bond donors (Lipinski definition) is 1. The molecule has 156 valence electrons. The number of thiophene rings is 1. The first-order chi connectivity index (χ1) is 14.3.